The second-order valence-electron chi connectivity index (χ2n) is 4.26. The van der Waals surface area contributed by atoms with Crippen molar-refractivity contribution in [1.29, 1.82) is 0 Å². The van der Waals surface area contributed by atoms with E-state index in [0.29, 0.717) is 5.56 Å². The van der Waals surface area contributed by atoms with Crippen LogP contribution in [0, 0.1) is 0 Å². The summed E-state index contributed by atoms with van der Waals surface area (Å²) in [5.41, 5.74) is 0.461. The van der Waals surface area contributed by atoms with Gasteiger partial charge in [0.2, 0.25) is 10.0 Å². The number of halogens is 3. The number of aliphatic hydroxyl groups is 1. The van der Waals surface area contributed by atoms with Crippen LogP contribution in [-0.2, 0) is 16.6 Å². The standard InChI is InChI=1S/C12H16F3NO4S/c1-20-10-7-9(8-17)3-4-11(10)21(18,19)16-6-2-5-12(13,14)15/h3-4,7,16-17H,2,5-6,8H2,1H3. The molecule has 0 bridgehead atoms. The summed E-state index contributed by atoms with van der Waals surface area (Å²) in [5.74, 6) is 0.0184. The Morgan fingerprint density at radius 2 is 2.00 bits per heavy atom. The number of methoxy groups -OCH3 is 1. The molecular formula is C12H16F3NO4S. The molecule has 1 rings (SSSR count). The minimum atomic E-state index is -4.31. The highest BCUT2D eigenvalue weighted by molar-refractivity contribution is 7.89. The van der Waals surface area contributed by atoms with E-state index in [-0.39, 0.29) is 30.2 Å². The Balaban J connectivity index is 2.79. The van der Waals surface area contributed by atoms with Gasteiger partial charge in [-0.1, -0.05) is 6.07 Å². The second kappa shape index (κ2) is 7.10. The van der Waals surface area contributed by atoms with Gasteiger partial charge in [0.15, 0.2) is 0 Å². The molecule has 0 unspecified atom stereocenters. The molecule has 0 saturated carbocycles. The zero-order valence-electron chi connectivity index (χ0n) is 11.3. The van der Waals surface area contributed by atoms with Crippen molar-refractivity contribution < 1.29 is 31.4 Å². The van der Waals surface area contributed by atoms with Crippen LogP contribution in [-0.4, -0.2) is 33.4 Å². The molecule has 0 aliphatic carbocycles. The molecule has 0 saturated heterocycles. The fraction of sp³-hybridized carbons (Fsp3) is 0.500. The summed E-state index contributed by atoms with van der Waals surface area (Å²) in [5, 5.41) is 8.97. The minimum absolute atomic E-state index is 0.0184. The monoisotopic (exact) mass is 327 g/mol. The van der Waals surface area contributed by atoms with Crippen molar-refractivity contribution >= 4 is 10.0 Å². The lowest BCUT2D eigenvalue weighted by molar-refractivity contribution is -0.135. The fourth-order valence-electron chi connectivity index (χ4n) is 1.61. The van der Waals surface area contributed by atoms with E-state index in [1.165, 1.54) is 25.3 Å². The van der Waals surface area contributed by atoms with Crippen molar-refractivity contribution in [2.75, 3.05) is 13.7 Å². The maximum atomic E-state index is 12.0. The van der Waals surface area contributed by atoms with Crippen molar-refractivity contribution in [3.8, 4) is 5.75 Å². The van der Waals surface area contributed by atoms with E-state index in [0.717, 1.165) is 0 Å². The molecule has 2 N–H and O–H groups in total. The molecule has 1 aromatic rings. The summed E-state index contributed by atoms with van der Waals surface area (Å²) in [7, 11) is -2.71. The molecular weight excluding hydrogens is 311 g/mol. The first-order valence-corrected chi connectivity index (χ1v) is 7.52. The van der Waals surface area contributed by atoms with E-state index in [2.05, 4.69) is 4.72 Å². The third-order valence-electron chi connectivity index (χ3n) is 2.63. The molecule has 0 spiro atoms. The molecule has 120 valence electrons. The minimum Gasteiger partial charge on any atom is -0.495 e. The molecule has 0 atom stereocenters. The molecule has 0 radical (unpaired) electrons. The van der Waals surface area contributed by atoms with Gasteiger partial charge in [-0.05, 0) is 24.1 Å². The molecule has 0 fully saturated rings. The quantitative estimate of drug-likeness (QED) is 0.749. The highest BCUT2D eigenvalue weighted by Gasteiger charge is 2.26. The molecule has 0 aromatic heterocycles. The number of ether oxygens (including phenoxy) is 1. The third-order valence-corrected chi connectivity index (χ3v) is 4.13. The Labute approximate surface area is 120 Å². The zero-order valence-corrected chi connectivity index (χ0v) is 12.1. The Kier molecular flexibility index (Phi) is 5.99. The van der Waals surface area contributed by atoms with Crippen LogP contribution in [0.4, 0.5) is 13.2 Å². The Morgan fingerprint density at radius 1 is 1.33 bits per heavy atom. The summed E-state index contributed by atoms with van der Waals surface area (Å²) >= 11 is 0. The number of nitrogens with one attached hydrogen (secondary N) is 1. The summed E-state index contributed by atoms with van der Waals surface area (Å²) in [6, 6.07) is 3.98. The van der Waals surface area contributed by atoms with Crippen LogP contribution in [0.3, 0.4) is 0 Å². The lowest BCUT2D eigenvalue weighted by Crippen LogP contribution is -2.26. The van der Waals surface area contributed by atoms with Crippen LogP contribution < -0.4 is 9.46 Å². The third kappa shape index (κ3) is 5.52. The molecule has 0 heterocycles. The van der Waals surface area contributed by atoms with Gasteiger partial charge in [0.25, 0.3) is 0 Å². The van der Waals surface area contributed by atoms with Gasteiger partial charge in [-0.3, -0.25) is 0 Å². The second-order valence-corrected chi connectivity index (χ2v) is 6.00. The van der Waals surface area contributed by atoms with E-state index >= 15 is 0 Å². The lowest BCUT2D eigenvalue weighted by atomic mass is 10.2. The van der Waals surface area contributed by atoms with Gasteiger partial charge in [-0.15, -0.1) is 0 Å². The smallest absolute Gasteiger partial charge is 0.389 e. The van der Waals surface area contributed by atoms with E-state index in [4.69, 9.17) is 9.84 Å². The van der Waals surface area contributed by atoms with Gasteiger partial charge in [-0.25, -0.2) is 13.1 Å². The number of alkyl halides is 3. The molecule has 0 aliphatic rings. The largest absolute Gasteiger partial charge is 0.495 e. The number of benzene rings is 1. The average molecular weight is 327 g/mol. The van der Waals surface area contributed by atoms with Crippen LogP contribution in [0.2, 0.25) is 0 Å². The van der Waals surface area contributed by atoms with Crippen molar-refractivity contribution in [2.45, 2.75) is 30.5 Å². The molecule has 0 amide bonds. The van der Waals surface area contributed by atoms with Crippen molar-refractivity contribution in [3.63, 3.8) is 0 Å². The number of hydrogen-bond donors (Lipinski definition) is 2. The number of aliphatic hydroxyl groups excluding tert-OH is 1. The van der Waals surface area contributed by atoms with E-state index in [1.807, 2.05) is 0 Å². The van der Waals surface area contributed by atoms with Crippen LogP contribution in [0.15, 0.2) is 23.1 Å². The van der Waals surface area contributed by atoms with Gasteiger partial charge < -0.3 is 9.84 Å². The average Bonchev–Trinajstić information content (AvgIpc) is 2.42. The summed E-state index contributed by atoms with van der Waals surface area (Å²) in [4.78, 5) is -0.186. The maximum Gasteiger partial charge on any atom is 0.389 e. The summed E-state index contributed by atoms with van der Waals surface area (Å²) < 4.78 is 67.0. The van der Waals surface area contributed by atoms with Crippen LogP contribution in [0.1, 0.15) is 18.4 Å². The van der Waals surface area contributed by atoms with Gasteiger partial charge in [0.1, 0.15) is 10.6 Å². The van der Waals surface area contributed by atoms with E-state index < -0.39 is 22.6 Å². The number of sulfonamides is 1. The highest BCUT2D eigenvalue weighted by Crippen LogP contribution is 2.25. The van der Waals surface area contributed by atoms with Crippen LogP contribution >= 0.6 is 0 Å². The molecule has 21 heavy (non-hydrogen) atoms. The predicted octanol–water partition coefficient (Wildman–Crippen LogP) is 1.81. The van der Waals surface area contributed by atoms with Crippen molar-refractivity contribution in [3.05, 3.63) is 23.8 Å². The van der Waals surface area contributed by atoms with Crippen molar-refractivity contribution in [1.82, 2.24) is 4.72 Å². The summed E-state index contributed by atoms with van der Waals surface area (Å²) in [6.45, 7) is -0.609. The fourth-order valence-corrected chi connectivity index (χ4v) is 2.83. The first kappa shape index (κ1) is 17.7. The van der Waals surface area contributed by atoms with Gasteiger partial charge in [-0.2, -0.15) is 13.2 Å². The Hall–Kier alpha value is -1.32. The number of hydrogen-bond acceptors (Lipinski definition) is 4. The van der Waals surface area contributed by atoms with Gasteiger partial charge in [0.05, 0.1) is 13.7 Å². The molecule has 9 heteroatoms. The summed E-state index contributed by atoms with van der Waals surface area (Å²) in [6.07, 6.45) is -5.72. The lowest BCUT2D eigenvalue weighted by Gasteiger charge is -2.12. The predicted molar refractivity (Wildman–Crippen MR) is 69.4 cm³/mol. The molecule has 0 aliphatic heterocycles. The molecule has 5 nitrogen and oxygen atoms in total. The van der Waals surface area contributed by atoms with Crippen LogP contribution in [0.25, 0.3) is 0 Å². The highest BCUT2D eigenvalue weighted by atomic mass is 32.2. The first-order valence-electron chi connectivity index (χ1n) is 6.04. The topological polar surface area (TPSA) is 75.6 Å². The van der Waals surface area contributed by atoms with E-state index in [9.17, 15) is 21.6 Å². The van der Waals surface area contributed by atoms with Gasteiger partial charge >= 0.3 is 6.18 Å². The van der Waals surface area contributed by atoms with E-state index in [1.54, 1.807) is 0 Å². The first-order chi connectivity index (χ1) is 9.69. The number of rotatable bonds is 7. The Morgan fingerprint density at radius 3 is 2.52 bits per heavy atom. The SMILES string of the molecule is COc1cc(CO)ccc1S(=O)(=O)NCCCC(F)(F)F. The zero-order chi connectivity index (χ0) is 16.1. The van der Waals surface area contributed by atoms with Gasteiger partial charge in [0, 0.05) is 13.0 Å². The maximum absolute atomic E-state index is 12.0. The molecule has 1 aromatic carbocycles. The normalized spacial score (nSPS) is 12.4. The van der Waals surface area contributed by atoms with Crippen LogP contribution in [0.5, 0.6) is 5.75 Å². The van der Waals surface area contributed by atoms with Crippen molar-refractivity contribution in [2.24, 2.45) is 0 Å². The Bertz CT molecular complexity index is 572.